The minimum atomic E-state index is -3.82. The number of nitrogens with one attached hydrogen (secondary N) is 2. The molecule has 0 radical (unpaired) electrons. The molecular formula is C22H26N4O3S2. The van der Waals surface area contributed by atoms with Gasteiger partial charge in [0, 0.05) is 37.1 Å². The number of hydrogen-bond donors (Lipinski definition) is 2. The van der Waals surface area contributed by atoms with Gasteiger partial charge in [-0.25, -0.2) is 8.42 Å². The Kier molecular flexibility index (Phi) is 6.17. The van der Waals surface area contributed by atoms with Crippen LogP contribution in [0.1, 0.15) is 13.8 Å². The van der Waals surface area contributed by atoms with E-state index in [1.165, 1.54) is 13.3 Å². The van der Waals surface area contributed by atoms with E-state index in [1.54, 1.807) is 29.5 Å². The fraction of sp³-hybridized carbons (Fsp3) is 0.318. The third kappa shape index (κ3) is 4.84. The molecule has 9 heteroatoms. The molecule has 0 amide bonds. The van der Waals surface area contributed by atoms with Crippen molar-refractivity contribution in [2.24, 2.45) is 0 Å². The second-order valence-corrected chi connectivity index (χ2v) is 10.4. The number of pyridine rings is 1. The fourth-order valence-electron chi connectivity index (χ4n) is 3.82. The third-order valence-corrected chi connectivity index (χ3v) is 7.41. The number of nitrogens with zero attached hydrogens (tertiary/aromatic N) is 2. The molecule has 1 aliphatic heterocycles. The van der Waals surface area contributed by atoms with Gasteiger partial charge in [-0.3, -0.25) is 9.71 Å². The Morgan fingerprint density at radius 3 is 2.55 bits per heavy atom. The zero-order chi connectivity index (χ0) is 22.0. The average molecular weight is 459 g/mol. The molecule has 31 heavy (non-hydrogen) atoms. The molecule has 2 N–H and O–H groups in total. The van der Waals surface area contributed by atoms with E-state index in [2.05, 4.69) is 33.8 Å². The molecule has 2 atom stereocenters. The lowest BCUT2D eigenvalue weighted by atomic mass is 10.1. The predicted molar refractivity (Wildman–Crippen MR) is 126 cm³/mol. The number of benzene rings is 1. The van der Waals surface area contributed by atoms with Gasteiger partial charge in [-0.15, -0.1) is 11.3 Å². The molecule has 1 saturated heterocycles. The number of piperazine rings is 1. The highest BCUT2D eigenvalue weighted by Gasteiger charge is 2.23. The summed E-state index contributed by atoms with van der Waals surface area (Å²) in [6.07, 6.45) is 1.38. The van der Waals surface area contributed by atoms with E-state index in [4.69, 9.17) is 4.74 Å². The Morgan fingerprint density at radius 1 is 1.16 bits per heavy atom. The Balaban J connectivity index is 1.59. The summed E-state index contributed by atoms with van der Waals surface area (Å²) in [6.45, 7) is 5.97. The Labute approximate surface area is 187 Å². The standard InChI is InChI=1S/C22H26N4O3S2/c1-15-13-26(14-16(2)24-15)17-6-9-21(29-3)20(11-17)25-31(27,28)18-7-8-19(23-12-18)22-5-4-10-30-22/h4-12,15-16,24-25H,13-14H2,1-3H3. The monoisotopic (exact) mass is 458 g/mol. The molecule has 164 valence electrons. The highest BCUT2D eigenvalue weighted by molar-refractivity contribution is 7.92. The SMILES string of the molecule is COc1ccc(N2CC(C)NC(C)C2)cc1NS(=O)(=O)c1ccc(-c2cccs2)nc1. The highest BCUT2D eigenvalue weighted by Crippen LogP contribution is 2.32. The number of methoxy groups -OCH3 is 1. The molecule has 0 saturated carbocycles. The molecule has 0 spiro atoms. The molecule has 0 bridgehead atoms. The van der Waals surface area contributed by atoms with Crippen LogP contribution in [0.2, 0.25) is 0 Å². The van der Waals surface area contributed by atoms with Crippen LogP contribution in [0, 0.1) is 0 Å². The van der Waals surface area contributed by atoms with Crippen molar-refractivity contribution in [3.63, 3.8) is 0 Å². The Morgan fingerprint density at radius 2 is 1.94 bits per heavy atom. The van der Waals surface area contributed by atoms with Crippen molar-refractivity contribution < 1.29 is 13.2 Å². The molecule has 0 aliphatic carbocycles. The first-order chi connectivity index (χ1) is 14.9. The lowest BCUT2D eigenvalue weighted by Crippen LogP contribution is -2.54. The van der Waals surface area contributed by atoms with E-state index < -0.39 is 10.0 Å². The maximum atomic E-state index is 13.0. The van der Waals surface area contributed by atoms with Crippen molar-refractivity contribution in [1.29, 1.82) is 0 Å². The van der Waals surface area contributed by atoms with E-state index in [-0.39, 0.29) is 4.90 Å². The quantitative estimate of drug-likeness (QED) is 0.585. The number of sulfonamides is 1. The van der Waals surface area contributed by atoms with Crippen LogP contribution in [0.15, 0.2) is 58.9 Å². The summed E-state index contributed by atoms with van der Waals surface area (Å²) in [7, 11) is -2.29. The lowest BCUT2D eigenvalue weighted by molar-refractivity contribution is 0.406. The second kappa shape index (κ2) is 8.86. The number of rotatable bonds is 6. The van der Waals surface area contributed by atoms with E-state index in [0.29, 0.717) is 23.5 Å². The summed E-state index contributed by atoms with van der Waals surface area (Å²) in [4.78, 5) is 7.67. The van der Waals surface area contributed by atoms with Gasteiger partial charge in [0.1, 0.15) is 10.6 Å². The number of hydrogen-bond acceptors (Lipinski definition) is 7. The highest BCUT2D eigenvalue weighted by atomic mass is 32.2. The average Bonchev–Trinajstić information content (AvgIpc) is 3.28. The normalized spacial score (nSPS) is 19.3. The Bertz CT molecular complexity index is 1120. The molecule has 1 fully saturated rings. The molecule has 4 rings (SSSR count). The van der Waals surface area contributed by atoms with E-state index in [1.807, 2.05) is 29.6 Å². The zero-order valence-corrected chi connectivity index (χ0v) is 19.3. The molecule has 7 nitrogen and oxygen atoms in total. The summed E-state index contributed by atoms with van der Waals surface area (Å²) < 4.78 is 34.1. The summed E-state index contributed by atoms with van der Waals surface area (Å²) in [5.41, 5.74) is 2.10. The maximum Gasteiger partial charge on any atom is 0.263 e. The number of aromatic nitrogens is 1. The Hall–Kier alpha value is -2.62. The van der Waals surface area contributed by atoms with Crippen molar-refractivity contribution in [3.05, 3.63) is 54.0 Å². The van der Waals surface area contributed by atoms with Gasteiger partial charge in [-0.05, 0) is 55.6 Å². The van der Waals surface area contributed by atoms with E-state index >= 15 is 0 Å². The van der Waals surface area contributed by atoms with Gasteiger partial charge in [0.2, 0.25) is 0 Å². The van der Waals surface area contributed by atoms with Crippen LogP contribution >= 0.6 is 11.3 Å². The maximum absolute atomic E-state index is 13.0. The molecular weight excluding hydrogens is 432 g/mol. The minimum absolute atomic E-state index is 0.102. The first kappa shape index (κ1) is 21.6. The first-order valence-corrected chi connectivity index (χ1v) is 12.4. The summed E-state index contributed by atoms with van der Waals surface area (Å²) in [6, 6.07) is 13.5. The zero-order valence-electron chi connectivity index (χ0n) is 17.7. The van der Waals surface area contributed by atoms with Crippen LogP contribution in [0.25, 0.3) is 10.6 Å². The molecule has 1 aliphatic rings. The van der Waals surface area contributed by atoms with Crippen molar-refractivity contribution in [3.8, 4) is 16.3 Å². The predicted octanol–water partition coefficient (Wildman–Crippen LogP) is 3.81. The molecule has 3 aromatic rings. The molecule has 2 unspecified atom stereocenters. The van der Waals surface area contributed by atoms with Gasteiger partial charge >= 0.3 is 0 Å². The van der Waals surface area contributed by atoms with Crippen molar-refractivity contribution in [1.82, 2.24) is 10.3 Å². The van der Waals surface area contributed by atoms with Gasteiger partial charge in [0.25, 0.3) is 10.0 Å². The topological polar surface area (TPSA) is 83.6 Å². The lowest BCUT2D eigenvalue weighted by Gasteiger charge is -2.38. The van der Waals surface area contributed by atoms with Crippen LogP contribution in [-0.4, -0.2) is 45.7 Å². The van der Waals surface area contributed by atoms with Gasteiger partial charge in [-0.1, -0.05) is 6.07 Å². The van der Waals surface area contributed by atoms with Gasteiger partial charge in [0.15, 0.2) is 0 Å². The van der Waals surface area contributed by atoms with Gasteiger partial charge in [0.05, 0.1) is 23.4 Å². The smallest absolute Gasteiger partial charge is 0.263 e. The number of anilines is 2. The summed E-state index contributed by atoms with van der Waals surface area (Å²) in [5.74, 6) is 0.465. The number of ether oxygens (including phenoxy) is 1. The second-order valence-electron chi connectivity index (χ2n) is 7.72. The fourth-order valence-corrected chi connectivity index (χ4v) is 5.53. The summed E-state index contributed by atoms with van der Waals surface area (Å²) >= 11 is 1.56. The van der Waals surface area contributed by atoms with Crippen LogP contribution in [0.4, 0.5) is 11.4 Å². The van der Waals surface area contributed by atoms with Gasteiger partial charge < -0.3 is 15.0 Å². The molecule has 3 heterocycles. The van der Waals surface area contributed by atoms with E-state index in [0.717, 1.165) is 29.3 Å². The van der Waals surface area contributed by atoms with Crippen molar-refractivity contribution >= 4 is 32.7 Å². The largest absolute Gasteiger partial charge is 0.495 e. The minimum Gasteiger partial charge on any atom is -0.495 e. The molecule has 2 aromatic heterocycles. The van der Waals surface area contributed by atoms with Crippen LogP contribution in [-0.2, 0) is 10.0 Å². The van der Waals surface area contributed by atoms with Gasteiger partial charge in [-0.2, -0.15) is 0 Å². The third-order valence-electron chi connectivity index (χ3n) is 5.17. The first-order valence-electron chi connectivity index (χ1n) is 10.1. The van der Waals surface area contributed by atoms with Crippen LogP contribution in [0.3, 0.4) is 0 Å². The van der Waals surface area contributed by atoms with E-state index in [9.17, 15) is 8.42 Å². The van der Waals surface area contributed by atoms with Crippen LogP contribution in [0.5, 0.6) is 5.75 Å². The molecule has 1 aromatic carbocycles. The summed E-state index contributed by atoms with van der Waals surface area (Å²) in [5, 5.41) is 5.47. The van der Waals surface area contributed by atoms with Crippen molar-refractivity contribution in [2.45, 2.75) is 30.8 Å². The van der Waals surface area contributed by atoms with Crippen molar-refractivity contribution in [2.75, 3.05) is 29.8 Å². The number of thiophene rings is 1. The van der Waals surface area contributed by atoms with Crippen LogP contribution < -0.4 is 19.7 Å².